The Bertz CT molecular complexity index is 363. The van der Waals surface area contributed by atoms with Crippen molar-refractivity contribution < 1.29 is 9.34 Å². The molecule has 1 aromatic rings. The third-order valence-corrected chi connectivity index (χ3v) is 1.85. The Kier molecular flexibility index (Phi) is 3.06. The van der Waals surface area contributed by atoms with Gasteiger partial charge < -0.3 is 4.42 Å². The molecule has 0 fully saturated rings. The summed E-state index contributed by atoms with van der Waals surface area (Å²) in [6.45, 7) is 5.37. The van der Waals surface area contributed by atoms with Crippen molar-refractivity contribution in [1.82, 2.24) is 0 Å². The summed E-state index contributed by atoms with van der Waals surface area (Å²) in [5.74, 6) is 1.17. The number of nitro groups is 1. The van der Waals surface area contributed by atoms with Gasteiger partial charge in [0, 0.05) is 5.92 Å². The Morgan fingerprint density at radius 2 is 2.21 bits per heavy atom. The van der Waals surface area contributed by atoms with Crippen LogP contribution in [0.25, 0.3) is 6.08 Å². The molecule has 0 saturated heterocycles. The standard InChI is InChI=1S/C10H13NO3/c1-7(2)10(11(12)13)6-9-5-4-8(3)14-9/h4-7H,1-3H3/b10-6-. The van der Waals surface area contributed by atoms with Crippen LogP contribution in [0, 0.1) is 23.0 Å². The summed E-state index contributed by atoms with van der Waals surface area (Å²) >= 11 is 0. The fourth-order valence-electron chi connectivity index (χ4n) is 1.11. The van der Waals surface area contributed by atoms with Gasteiger partial charge in [0.25, 0.3) is 5.70 Å². The molecule has 0 radical (unpaired) electrons. The van der Waals surface area contributed by atoms with Gasteiger partial charge in [0.05, 0.1) is 11.0 Å². The lowest BCUT2D eigenvalue weighted by Gasteiger charge is -1.99. The van der Waals surface area contributed by atoms with Crippen LogP contribution in [0.2, 0.25) is 0 Å². The molecule has 0 saturated carbocycles. The van der Waals surface area contributed by atoms with Gasteiger partial charge in [-0.15, -0.1) is 0 Å². The molecule has 0 aromatic carbocycles. The van der Waals surface area contributed by atoms with Gasteiger partial charge in [-0.25, -0.2) is 0 Å². The molecule has 0 aliphatic heterocycles. The van der Waals surface area contributed by atoms with E-state index in [1.165, 1.54) is 6.08 Å². The first-order chi connectivity index (χ1) is 6.50. The van der Waals surface area contributed by atoms with Gasteiger partial charge in [-0.1, -0.05) is 13.8 Å². The first kappa shape index (κ1) is 10.5. The van der Waals surface area contributed by atoms with Crippen LogP contribution in [0.15, 0.2) is 22.2 Å². The zero-order chi connectivity index (χ0) is 10.7. The van der Waals surface area contributed by atoms with Crippen molar-refractivity contribution in [2.24, 2.45) is 5.92 Å². The quantitative estimate of drug-likeness (QED) is 0.550. The van der Waals surface area contributed by atoms with Gasteiger partial charge >= 0.3 is 0 Å². The van der Waals surface area contributed by atoms with Crippen LogP contribution in [0.5, 0.6) is 0 Å². The van der Waals surface area contributed by atoms with Crippen molar-refractivity contribution in [3.05, 3.63) is 39.5 Å². The van der Waals surface area contributed by atoms with Crippen molar-refractivity contribution in [2.45, 2.75) is 20.8 Å². The molecule has 1 heterocycles. The maximum atomic E-state index is 10.6. The molecule has 0 amide bonds. The Balaban J connectivity index is 2.99. The number of nitrogens with zero attached hydrogens (tertiary/aromatic N) is 1. The SMILES string of the molecule is Cc1ccc(/C=C(/C(C)C)[N+](=O)[O-])o1. The van der Waals surface area contributed by atoms with Crippen LogP contribution in [0.3, 0.4) is 0 Å². The summed E-state index contributed by atoms with van der Waals surface area (Å²) in [6, 6.07) is 3.50. The average Bonchev–Trinajstić information content (AvgIpc) is 2.46. The molecular formula is C10H13NO3. The molecule has 0 aliphatic carbocycles. The van der Waals surface area contributed by atoms with E-state index in [1.54, 1.807) is 32.9 Å². The van der Waals surface area contributed by atoms with E-state index in [0.29, 0.717) is 5.76 Å². The van der Waals surface area contributed by atoms with Gasteiger partial charge in [0.15, 0.2) is 0 Å². The molecule has 0 atom stereocenters. The fraction of sp³-hybridized carbons (Fsp3) is 0.400. The third-order valence-electron chi connectivity index (χ3n) is 1.85. The molecule has 0 N–H and O–H groups in total. The lowest BCUT2D eigenvalue weighted by molar-refractivity contribution is -0.431. The second kappa shape index (κ2) is 4.09. The van der Waals surface area contributed by atoms with Gasteiger partial charge in [0.2, 0.25) is 0 Å². The van der Waals surface area contributed by atoms with E-state index in [1.807, 2.05) is 0 Å². The third kappa shape index (κ3) is 2.45. The molecule has 0 spiro atoms. The number of rotatable bonds is 3. The lowest BCUT2D eigenvalue weighted by atomic mass is 10.1. The molecule has 4 nitrogen and oxygen atoms in total. The van der Waals surface area contributed by atoms with Crippen LogP contribution in [-0.4, -0.2) is 4.92 Å². The molecule has 1 aromatic heterocycles. The predicted octanol–water partition coefficient (Wildman–Crippen LogP) is 2.86. The second-order valence-corrected chi connectivity index (χ2v) is 3.43. The van der Waals surface area contributed by atoms with Gasteiger partial charge in [-0.3, -0.25) is 10.1 Å². The maximum absolute atomic E-state index is 10.6. The van der Waals surface area contributed by atoms with Crippen LogP contribution in [0.1, 0.15) is 25.4 Å². The van der Waals surface area contributed by atoms with Crippen LogP contribution >= 0.6 is 0 Å². The minimum Gasteiger partial charge on any atom is -0.462 e. The number of furan rings is 1. The van der Waals surface area contributed by atoms with Crippen LogP contribution in [0.4, 0.5) is 0 Å². The highest BCUT2D eigenvalue weighted by Crippen LogP contribution is 2.16. The minimum atomic E-state index is -0.373. The summed E-state index contributed by atoms with van der Waals surface area (Å²) in [7, 11) is 0. The topological polar surface area (TPSA) is 56.3 Å². The zero-order valence-electron chi connectivity index (χ0n) is 8.48. The molecule has 0 unspecified atom stereocenters. The highest BCUT2D eigenvalue weighted by Gasteiger charge is 2.16. The van der Waals surface area contributed by atoms with E-state index in [2.05, 4.69) is 0 Å². The normalized spacial score (nSPS) is 12.1. The summed E-state index contributed by atoms with van der Waals surface area (Å²) in [5.41, 5.74) is 0.166. The Labute approximate surface area is 82.4 Å². The first-order valence-electron chi connectivity index (χ1n) is 4.43. The van der Waals surface area contributed by atoms with E-state index >= 15 is 0 Å². The predicted molar refractivity (Wildman–Crippen MR) is 53.3 cm³/mol. The molecule has 76 valence electrons. The van der Waals surface area contributed by atoms with Crippen molar-refractivity contribution in [2.75, 3.05) is 0 Å². The highest BCUT2D eigenvalue weighted by atomic mass is 16.6. The summed E-state index contributed by atoms with van der Waals surface area (Å²) < 4.78 is 5.23. The van der Waals surface area contributed by atoms with E-state index in [0.717, 1.165) is 5.76 Å². The molecule has 4 heteroatoms. The second-order valence-electron chi connectivity index (χ2n) is 3.43. The average molecular weight is 195 g/mol. The van der Waals surface area contributed by atoms with Crippen LogP contribution in [-0.2, 0) is 0 Å². The Morgan fingerprint density at radius 3 is 2.57 bits per heavy atom. The van der Waals surface area contributed by atoms with E-state index < -0.39 is 0 Å². The smallest absolute Gasteiger partial charge is 0.252 e. The fourth-order valence-corrected chi connectivity index (χ4v) is 1.11. The Morgan fingerprint density at radius 1 is 1.57 bits per heavy atom. The Hall–Kier alpha value is -1.58. The number of allylic oxidation sites excluding steroid dienone is 1. The zero-order valence-corrected chi connectivity index (χ0v) is 8.48. The van der Waals surface area contributed by atoms with E-state index in [4.69, 9.17) is 4.42 Å². The molecule has 0 bridgehead atoms. The molecular weight excluding hydrogens is 182 g/mol. The van der Waals surface area contributed by atoms with Gasteiger partial charge in [0.1, 0.15) is 11.5 Å². The van der Waals surface area contributed by atoms with E-state index in [-0.39, 0.29) is 16.5 Å². The van der Waals surface area contributed by atoms with Gasteiger partial charge in [-0.2, -0.15) is 0 Å². The van der Waals surface area contributed by atoms with Crippen molar-refractivity contribution in [1.29, 1.82) is 0 Å². The maximum Gasteiger partial charge on any atom is 0.252 e. The monoisotopic (exact) mass is 195 g/mol. The van der Waals surface area contributed by atoms with E-state index in [9.17, 15) is 10.1 Å². The number of aryl methyl sites for hydroxylation is 1. The summed E-state index contributed by atoms with van der Waals surface area (Å²) in [4.78, 5) is 10.3. The summed E-state index contributed by atoms with van der Waals surface area (Å²) in [6.07, 6.45) is 1.47. The largest absolute Gasteiger partial charge is 0.462 e. The van der Waals surface area contributed by atoms with Gasteiger partial charge in [-0.05, 0) is 19.1 Å². The van der Waals surface area contributed by atoms with Crippen molar-refractivity contribution >= 4 is 6.08 Å². The number of hydrogen-bond donors (Lipinski definition) is 0. The van der Waals surface area contributed by atoms with Crippen molar-refractivity contribution in [3.8, 4) is 0 Å². The molecule has 0 aliphatic rings. The van der Waals surface area contributed by atoms with Crippen LogP contribution < -0.4 is 0 Å². The number of hydrogen-bond acceptors (Lipinski definition) is 3. The molecule has 1 rings (SSSR count). The summed E-state index contributed by atoms with van der Waals surface area (Å²) in [5, 5.41) is 10.6. The lowest BCUT2D eigenvalue weighted by Crippen LogP contribution is -2.05. The highest BCUT2D eigenvalue weighted by molar-refractivity contribution is 5.45. The first-order valence-corrected chi connectivity index (χ1v) is 4.43. The minimum absolute atomic E-state index is 0.115. The molecule has 14 heavy (non-hydrogen) atoms. The van der Waals surface area contributed by atoms with Crippen molar-refractivity contribution in [3.63, 3.8) is 0 Å².